The molecule has 30 heavy (non-hydrogen) atoms. The Morgan fingerprint density at radius 3 is 2.73 bits per heavy atom. The van der Waals surface area contributed by atoms with E-state index in [9.17, 15) is 9.59 Å². The topological polar surface area (TPSA) is 67.2 Å². The molecule has 1 N–H and O–H groups in total. The van der Waals surface area contributed by atoms with E-state index < -0.39 is 0 Å². The molecule has 2 aromatic rings. The zero-order valence-corrected chi connectivity index (χ0v) is 18.6. The van der Waals surface area contributed by atoms with Crippen molar-refractivity contribution < 1.29 is 9.59 Å². The number of nitrogens with one attached hydrogen (secondary N) is 1. The van der Waals surface area contributed by atoms with Crippen LogP contribution in [0, 0.1) is 5.92 Å². The molecule has 162 valence electrons. The van der Waals surface area contributed by atoms with Gasteiger partial charge in [0.1, 0.15) is 6.54 Å². The second-order valence-corrected chi connectivity index (χ2v) is 9.69. The molecule has 1 atom stereocenters. The number of carbonyl (C=O) groups is 2. The number of nitrogens with zero attached hydrogens (tertiary/aromatic N) is 3. The summed E-state index contributed by atoms with van der Waals surface area (Å²) in [5.74, 6) is 1.13. The zero-order chi connectivity index (χ0) is 20.9. The maximum absolute atomic E-state index is 12.8. The molecule has 2 fully saturated rings. The van der Waals surface area contributed by atoms with Gasteiger partial charge in [0.15, 0.2) is 5.16 Å². The third-order valence-electron chi connectivity index (χ3n) is 6.23. The van der Waals surface area contributed by atoms with Crippen LogP contribution in [-0.2, 0) is 16.1 Å². The van der Waals surface area contributed by atoms with Gasteiger partial charge in [0.2, 0.25) is 11.8 Å². The highest BCUT2D eigenvalue weighted by Crippen LogP contribution is 2.25. The minimum Gasteiger partial charge on any atom is -0.352 e. The van der Waals surface area contributed by atoms with E-state index in [0.29, 0.717) is 17.7 Å². The highest BCUT2D eigenvalue weighted by molar-refractivity contribution is 7.99. The van der Waals surface area contributed by atoms with Gasteiger partial charge in [-0.05, 0) is 43.7 Å². The van der Waals surface area contributed by atoms with Gasteiger partial charge in [-0.15, -0.1) is 0 Å². The number of para-hydroxylation sites is 2. The first kappa shape index (κ1) is 21.2. The lowest BCUT2D eigenvalue weighted by Crippen LogP contribution is -2.40. The number of piperidine rings is 1. The van der Waals surface area contributed by atoms with Crippen molar-refractivity contribution >= 4 is 34.6 Å². The molecule has 0 radical (unpaired) electrons. The molecule has 0 spiro atoms. The Labute approximate surface area is 182 Å². The normalized spacial score (nSPS) is 20.4. The van der Waals surface area contributed by atoms with Crippen molar-refractivity contribution in [2.24, 2.45) is 5.92 Å². The average molecular weight is 429 g/mol. The Balaban J connectivity index is 1.44. The quantitative estimate of drug-likeness (QED) is 0.710. The largest absolute Gasteiger partial charge is 0.352 e. The van der Waals surface area contributed by atoms with E-state index in [-0.39, 0.29) is 18.4 Å². The number of hydrogen-bond acceptors (Lipinski definition) is 4. The summed E-state index contributed by atoms with van der Waals surface area (Å²) in [5, 5.41) is 3.94. The molecule has 6 nitrogen and oxygen atoms in total. The number of thioether (sulfide) groups is 1. The minimum atomic E-state index is 0.0306. The van der Waals surface area contributed by atoms with Crippen LogP contribution in [0.4, 0.5) is 0 Å². The second-order valence-electron chi connectivity index (χ2n) is 8.75. The van der Waals surface area contributed by atoms with Gasteiger partial charge in [-0.2, -0.15) is 0 Å². The van der Waals surface area contributed by atoms with Crippen molar-refractivity contribution in [2.75, 3.05) is 18.8 Å². The number of likely N-dealkylation sites (tertiary alicyclic amines) is 1. The minimum absolute atomic E-state index is 0.0306. The van der Waals surface area contributed by atoms with Gasteiger partial charge in [-0.3, -0.25) is 9.59 Å². The summed E-state index contributed by atoms with van der Waals surface area (Å²) in [5.41, 5.74) is 1.81. The Morgan fingerprint density at radius 1 is 1.13 bits per heavy atom. The van der Waals surface area contributed by atoms with E-state index in [1.165, 1.54) is 37.4 Å². The van der Waals surface area contributed by atoms with Crippen LogP contribution in [0.5, 0.6) is 0 Å². The summed E-state index contributed by atoms with van der Waals surface area (Å²) < 4.78 is 1.96. The molecule has 4 rings (SSSR count). The first-order valence-corrected chi connectivity index (χ1v) is 12.2. The molecular weight excluding hydrogens is 396 g/mol. The molecule has 1 aliphatic carbocycles. The Kier molecular flexibility index (Phi) is 6.97. The number of aromatic nitrogens is 2. The SMILES string of the molecule is CC1CCCN(C(=O)CSc2nc3ccccc3n2CC(=O)NC2CCCCC2)C1. The van der Waals surface area contributed by atoms with Crippen LogP contribution in [0.3, 0.4) is 0 Å². The Hall–Kier alpha value is -2.02. The van der Waals surface area contributed by atoms with Crippen LogP contribution in [0.25, 0.3) is 11.0 Å². The lowest BCUT2D eigenvalue weighted by Gasteiger charge is -2.30. The molecule has 2 amide bonds. The zero-order valence-electron chi connectivity index (χ0n) is 17.8. The van der Waals surface area contributed by atoms with E-state index in [1.54, 1.807) is 0 Å². The van der Waals surface area contributed by atoms with E-state index in [0.717, 1.165) is 48.5 Å². The van der Waals surface area contributed by atoms with E-state index >= 15 is 0 Å². The molecule has 1 unspecified atom stereocenters. The predicted molar refractivity (Wildman–Crippen MR) is 120 cm³/mol. The fourth-order valence-corrected chi connectivity index (χ4v) is 5.53. The second kappa shape index (κ2) is 9.86. The van der Waals surface area contributed by atoms with Crippen molar-refractivity contribution in [1.29, 1.82) is 0 Å². The molecule has 1 aliphatic heterocycles. The molecule has 2 aliphatic rings. The van der Waals surface area contributed by atoms with Crippen molar-refractivity contribution in [3.63, 3.8) is 0 Å². The lowest BCUT2D eigenvalue weighted by molar-refractivity contribution is -0.130. The highest BCUT2D eigenvalue weighted by atomic mass is 32.2. The Morgan fingerprint density at radius 2 is 1.93 bits per heavy atom. The van der Waals surface area contributed by atoms with Crippen molar-refractivity contribution in [3.8, 4) is 0 Å². The maximum atomic E-state index is 12.8. The number of imidazole rings is 1. The van der Waals surface area contributed by atoms with Crippen LogP contribution in [0.15, 0.2) is 29.4 Å². The van der Waals surface area contributed by atoms with Gasteiger partial charge in [0, 0.05) is 19.1 Å². The van der Waals surface area contributed by atoms with Gasteiger partial charge in [-0.1, -0.05) is 50.1 Å². The maximum Gasteiger partial charge on any atom is 0.240 e. The molecule has 1 saturated carbocycles. The number of fused-ring (bicyclic) bond motifs is 1. The van der Waals surface area contributed by atoms with Crippen LogP contribution < -0.4 is 5.32 Å². The van der Waals surface area contributed by atoms with Gasteiger partial charge < -0.3 is 14.8 Å². The molecular formula is C23H32N4O2S. The molecule has 2 heterocycles. The van der Waals surface area contributed by atoms with E-state index in [1.807, 2.05) is 33.7 Å². The van der Waals surface area contributed by atoms with Crippen LogP contribution in [-0.4, -0.2) is 51.1 Å². The predicted octanol–water partition coefficient (Wildman–Crippen LogP) is 3.84. The summed E-state index contributed by atoms with van der Waals surface area (Å²) in [4.78, 5) is 32.2. The summed E-state index contributed by atoms with van der Waals surface area (Å²) in [6.45, 7) is 4.15. The number of amides is 2. The van der Waals surface area contributed by atoms with Crippen LogP contribution >= 0.6 is 11.8 Å². The standard InChI is InChI=1S/C23H32N4O2S/c1-17-8-7-13-26(14-17)22(29)16-30-23-25-19-11-5-6-12-20(19)27(23)15-21(28)24-18-9-3-2-4-10-18/h5-6,11-12,17-18H,2-4,7-10,13-16H2,1H3,(H,24,28). The van der Waals surface area contributed by atoms with Gasteiger partial charge >= 0.3 is 0 Å². The van der Waals surface area contributed by atoms with Gasteiger partial charge in [0.25, 0.3) is 0 Å². The molecule has 1 saturated heterocycles. The average Bonchev–Trinajstić information content (AvgIpc) is 3.10. The molecule has 0 bridgehead atoms. The number of carbonyl (C=O) groups excluding carboxylic acids is 2. The Bertz CT molecular complexity index is 890. The van der Waals surface area contributed by atoms with Gasteiger partial charge in [-0.25, -0.2) is 4.98 Å². The van der Waals surface area contributed by atoms with Crippen molar-refractivity contribution in [1.82, 2.24) is 19.8 Å². The van der Waals surface area contributed by atoms with Crippen molar-refractivity contribution in [2.45, 2.75) is 69.6 Å². The van der Waals surface area contributed by atoms with Gasteiger partial charge in [0.05, 0.1) is 16.8 Å². The number of hydrogen-bond donors (Lipinski definition) is 1. The lowest BCUT2D eigenvalue weighted by atomic mass is 9.95. The molecule has 7 heteroatoms. The molecule has 1 aromatic carbocycles. The fraction of sp³-hybridized carbons (Fsp3) is 0.609. The third-order valence-corrected chi connectivity index (χ3v) is 7.19. The van der Waals surface area contributed by atoms with Crippen LogP contribution in [0.2, 0.25) is 0 Å². The summed E-state index contributed by atoms with van der Waals surface area (Å²) in [6.07, 6.45) is 8.07. The molecule has 1 aromatic heterocycles. The highest BCUT2D eigenvalue weighted by Gasteiger charge is 2.23. The summed E-state index contributed by atoms with van der Waals surface area (Å²) >= 11 is 1.44. The van der Waals surface area contributed by atoms with Crippen LogP contribution in [0.1, 0.15) is 51.9 Å². The monoisotopic (exact) mass is 428 g/mol. The summed E-state index contributed by atoms with van der Waals surface area (Å²) in [6, 6.07) is 8.17. The first-order chi connectivity index (χ1) is 14.6. The smallest absolute Gasteiger partial charge is 0.240 e. The summed E-state index contributed by atoms with van der Waals surface area (Å²) in [7, 11) is 0. The fourth-order valence-electron chi connectivity index (χ4n) is 4.61. The van der Waals surface area contributed by atoms with E-state index in [2.05, 4.69) is 12.2 Å². The first-order valence-electron chi connectivity index (χ1n) is 11.3. The van der Waals surface area contributed by atoms with Crippen molar-refractivity contribution in [3.05, 3.63) is 24.3 Å². The number of benzene rings is 1. The van der Waals surface area contributed by atoms with E-state index in [4.69, 9.17) is 4.98 Å². The third kappa shape index (κ3) is 5.17. The number of rotatable bonds is 6.